The molecule has 1 aromatic carbocycles. The maximum absolute atomic E-state index is 14.6. The van der Waals surface area contributed by atoms with Crippen molar-refractivity contribution in [1.82, 2.24) is 58.1 Å². The highest BCUT2D eigenvalue weighted by molar-refractivity contribution is 5.86. The number of amides is 10. The van der Waals surface area contributed by atoms with Crippen molar-refractivity contribution in [3.05, 3.63) is 29.1 Å². The summed E-state index contributed by atoms with van der Waals surface area (Å²) in [5.74, 6) is -27.7. The number of hydrogen-bond acceptors (Lipinski definition) is 37. The molecule has 15 unspecified atom stereocenters. The van der Waals surface area contributed by atoms with Crippen LogP contribution in [0.4, 0.5) is 22.0 Å². The quantitative estimate of drug-likeness (QED) is 0.00826. The average molecular weight is 2040 g/mol. The highest BCUT2D eigenvalue weighted by atomic mass is 19.2. The lowest BCUT2D eigenvalue weighted by Gasteiger charge is -2.44. The van der Waals surface area contributed by atoms with E-state index in [4.69, 9.17) is 71.1 Å². The number of benzene rings is 1. The summed E-state index contributed by atoms with van der Waals surface area (Å²) in [5, 5.41) is 27.0. The molecule has 16 atom stereocenters. The predicted molar refractivity (Wildman–Crippen MR) is 475 cm³/mol. The largest absolute Gasteiger partial charge is 0.463 e. The van der Waals surface area contributed by atoms with Gasteiger partial charge >= 0.3 is 59.7 Å². The molecule has 0 saturated carbocycles. The number of carbonyl (C=O) groups excluding carboxylic acids is 20. The third-order valence-corrected chi connectivity index (χ3v) is 21.0. The zero-order valence-electron chi connectivity index (χ0n) is 81.7. The van der Waals surface area contributed by atoms with Crippen molar-refractivity contribution >= 4 is 119 Å². The molecule has 3 saturated heterocycles. The van der Waals surface area contributed by atoms with Crippen LogP contribution in [0.1, 0.15) is 218 Å². The van der Waals surface area contributed by atoms with Crippen LogP contribution in [-0.2, 0) is 167 Å². The lowest BCUT2D eigenvalue weighted by Crippen LogP contribution is -2.66. The van der Waals surface area contributed by atoms with Gasteiger partial charge in [0.2, 0.25) is 93.9 Å². The molecule has 3 fully saturated rings. The van der Waals surface area contributed by atoms with Gasteiger partial charge in [-0.3, -0.25) is 101 Å². The third-order valence-electron chi connectivity index (χ3n) is 21.0. The first-order valence-electron chi connectivity index (χ1n) is 46.7. The Morgan fingerprint density at radius 2 is 0.570 bits per heavy atom. The molecule has 3 aliphatic heterocycles. The summed E-state index contributed by atoms with van der Waals surface area (Å²) in [6.07, 6.45) is -12.9. The average Bonchev–Trinajstić information content (AvgIpc) is 0.775. The highest BCUT2D eigenvalue weighted by Crippen LogP contribution is 2.34. The van der Waals surface area contributed by atoms with Gasteiger partial charge in [-0.25, -0.2) is 13.2 Å². The van der Waals surface area contributed by atoms with Gasteiger partial charge in [-0.2, -0.15) is 8.78 Å². The Balaban J connectivity index is 1.46. The second-order valence-corrected chi connectivity index (χ2v) is 33.3. The Hall–Kier alpha value is -12.0. The monoisotopic (exact) mass is 2040 g/mol. The molecule has 800 valence electrons. The molecule has 1 aromatic rings. The Kier molecular flexibility index (Phi) is 56.8. The smallest absolute Gasteiger partial charge is 0.311 e. The van der Waals surface area contributed by atoms with Crippen molar-refractivity contribution in [2.45, 2.75) is 316 Å². The number of ether oxygens (including phenoxy) is 16. The fourth-order valence-electron chi connectivity index (χ4n) is 14.8. The molecule has 142 heavy (non-hydrogen) atoms. The second-order valence-electron chi connectivity index (χ2n) is 33.3. The fourth-order valence-corrected chi connectivity index (χ4v) is 14.8. The van der Waals surface area contributed by atoms with Crippen LogP contribution in [0.2, 0.25) is 0 Å². The molecule has 0 spiro atoms. The number of nitrogens with one attached hydrogen (secondary N) is 10. The summed E-state index contributed by atoms with van der Waals surface area (Å²) in [6, 6.07) is -4.90. The molecular formula is C90H134F5N11O36. The Morgan fingerprint density at radius 3 is 0.866 bits per heavy atom. The van der Waals surface area contributed by atoms with Crippen LogP contribution in [0.25, 0.3) is 0 Å². The predicted octanol–water partition coefficient (Wildman–Crippen LogP) is 0.982. The van der Waals surface area contributed by atoms with Crippen LogP contribution in [0.15, 0.2) is 0 Å². The normalized spacial score (nSPS) is 20.8. The summed E-state index contributed by atoms with van der Waals surface area (Å²) < 4.78 is 158. The number of nitrogens with zero attached hydrogens (tertiary/aromatic N) is 1. The minimum atomic E-state index is -2.48. The topological polar surface area (TPSA) is 613 Å². The first-order valence-corrected chi connectivity index (χ1v) is 46.7. The van der Waals surface area contributed by atoms with Crippen molar-refractivity contribution in [3.8, 4) is 5.75 Å². The Bertz CT molecular complexity index is 4220. The van der Waals surface area contributed by atoms with E-state index in [1.807, 2.05) is 0 Å². The van der Waals surface area contributed by atoms with Gasteiger partial charge in [0.25, 0.3) is 0 Å². The van der Waals surface area contributed by atoms with Gasteiger partial charge < -0.3 is 129 Å². The lowest BCUT2D eigenvalue weighted by molar-refractivity contribution is -0.277. The van der Waals surface area contributed by atoms with E-state index in [-0.39, 0.29) is 148 Å². The van der Waals surface area contributed by atoms with E-state index >= 15 is 0 Å². The van der Waals surface area contributed by atoms with Crippen LogP contribution >= 0.6 is 0 Å². The van der Waals surface area contributed by atoms with E-state index in [1.165, 1.54) is 25.7 Å². The molecule has 0 aromatic heterocycles. The molecule has 0 bridgehead atoms. The maximum atomic E-state index is 14.6. The van der Waals surface area contributed by atoms with Crippen LogP contribution in [0.5, 0.6) is 5.75 Å². The first kappa shape index (κ1) is 122. The van der Waals surface area contributed by atoms with Crippen LogP contribution in [0.3, 0.4) is 0 Å². The Labute approximate surface area is 816 Å². The molecule has 10 N–H and O–H groups in total. The number of unbranched alkanes of at least 4 members (excludes halogenated alkanes) is 7. The van der Waals surface area contributed by atoms with Gasteiger partial charge in [0, 0.05) is 181 Å². The zero-order valence-corrected chi connectivity index (χ0v) is 81.7. The van der Waals surface area contributed by atoms with E-state index in [1.54, 1.807) is 0 Å². The fraction of sp³-hybridized carbons (Fsp3) is 0.711. The van der Waals surface area contributed by atoms with Gasteiger partial charge in [0.1, 0.15) is 56.3 Å². The molecule has 4 rings (SSSR count). The van der Waals surface area contributed by atoms with Crippen molar-refractivity contribution in [1.29, 1.82) is 0 Å². The molecular weight excluding hydrogens is 1910 g/mol. The molecule has 10 amide bonds. The maximum Gasteiger partial charge on any atom is 0.311 e. The highest BCUT2D eigenvalue weighted by Gasteiger charge is 2.55. The Morgan fingerprint density at radius 1 is 0.296 bits per heavy atom. The number of halogens is 5. The summed E-state index contributed by atoms with van der Waals surface area (Å²) >= 11 is 0. The molecule has 0 radical (unpaired) electrons. The van der Waals surface area contributed by atoms with Crippen molar-refractivity contribution in [2.24, 2.45) is 0 Å². The molecule has 52 heteroatoms. The number of carbonyl (C=O) groups is 20. The molecule has 3 aliphatic rings. The lowest BCUT2D eigenvalue weighted by atomic mass is 9.96. The third kappa shape index (κ3) is 47.7. The van der Waals surface area contributed by atoms with Crippen molar-refractivity contribution in [3.63, 3.8) is 0 Å². The van der Waals surface area contributed by atoms with E-state index in [9.17, 15) is 118 Å². The van der Waals surface area contributed by atoms with E-state index in [2.05, 4.69) is 57.9 Å². The van der Waals surface area contributed by atoms with Gasteiger partial charge in [-0.1, -0.05) is 19.3 Å². The number of hydrogen-bond donors (Lipinski definition) is 10. The van der Waals surface area contributed by atoms with Gasteiger partial charge in [-0.05, 0) is 83.5 Å². The van der Waals surface area contributed by atoms with Crippen molar-refractivity contribution in [2.75, 3.05) is 98.5 Å². The van der Waals surface area contributed by atoms with Gasteiger partial charge in [0.15, 0.2) is 55.5 Å². The summed E-state index contributed by atoms with van der Waals surface area (Å²) in [6.45, 7) is 10.9. The summed E-state index contributed by atoms with van der Waals surface area (Å²) in [7, 11) is 0. The number of rotatable bonds is 64. The molecule has 47 nitrogen and oxygen atoms in total. The summed E-state index contributed by atoms with van der Waals surface area (Å²) in [5.41, 5.74) is 0. The second kappa shape index (κ2) is 66.0. The van der Waals surface area contributed by atoms with E-state index in [0.717, 1.165) is 62.3 Å². The van der Waals surface area contributed by atoms with E-state index < -0.39 is 280 Å². The zero-order chi connectivity index (χ0) is 106. The molecule has 3 heterocycles. The number of esters is 10. The molecule has 0 aliphatic carbocycles. The summed E-state index contributed by atoms with van der Waals surface area (Å²) in [4.78, 5) is 255. The van der Waals surface area contributed by atoms with Crippen LogP contribution in [0, 0.1) is 29.1 Å². The standard InChI is InChI=1S/C90H134F5N11O36/c1-49(107)103-77-84(136-58(10)116)80(133-55(7)113)62(46-130-52(4)110)139-88(77)127-41-21-13-16-29-65(119)97-35-25-38-100-69(123)44-106(45-70(124)101-39-26-36-98-66(120)30-17-14-22-42-128-89-78(104-50(2)108)85(137-59(11)117)81(134-56(8)114)63(140-89)47-131-53(5)111)61(28-19-20-34-96-68(122)32-24-33-71(125)142-83-75(94)73(92)72(91)74(93)76(83)95)87(126)102-40-27-37-99-67(121)31-18-15-23-43-129-90-79(105-51(3)109)86(138-60(12)118)82(135-57(9)115)64(141-90)48-132-54(6)112/h61-64,77-82,84-86,88-90H,13-48H2,1-12H3,(H,96,122)(H,97,119)(H,98,120)(H,99,121)(H,100,123)(H,101,124)(H,102,126)(H,103,107)(H,104,108)(H,105,109)/t61?,62?,63?,64?,77?,78?,79?,80?,81?,82?,84?,85?,86?,88-,89?,90?/m1/s1. The SMILES string of the molecule is CC(=O)NC1C(OCCCCCC(=O)NCCCNC(=O)CN(CC(=O)NCCCNC(=O)CCCCCO[C@@H]2OC(COC(C)=O)C(OC(C)=O)C(OC(C)=O)C2NC(C)=O)C(CCCCNC(=O)CCCC(=O)Oc2c(F)c(F)c(F)c(F)c2F)C(=O)NCCCNC(=O)CCCCCOC2OC(COC(C)=O)C(OC(C)=O)C(OC(C)=O)C2NC(C)=O)OC(COC(C)=O)C(OC(C)=O)C1OC(C)=O. The first-order chi connectivity index (χ1) is 67.3. The van der Waals surface area contributed by atoms with E-state index in [0.29, 0.717) is 57.8 Å². The van der Waals surface area contributed by atoms with Gasteiger partial charge in [0.05, 0.1) is 19.1 Å². The van der Waals surface area contributed by atoms with Crippen molar-refractivity contribution < 1.29 is 194 Å². The minimum Gasteiger partial charge on any atom is -0.463 e. The van der Waals surface area contributed by atoms with Gasteiger partial charge in [-0.15, -0.1) is 0 Å². The van der Waals surface area contributed by atoms with Crippen LogP contribution in [-0.4, -0.2) is 320 Å². The van der Waals surface area contributed by atoms with Crippen LogP contribution < -0.4 is 57.9 Å². The minimum absolute atomic E-state index is 0.0130.